The van der Waals surface area contributed by atoms with E-state index in [0.717, 1.165) is 34.2 Å². The molecule has 34 heavy (non-hydrogen) atoms. The molecule has 2 atom stereocenters. The standard InChI is InChI=1S/C25H34FN3O4S/c1-6-19(4)27-25(31)22(7-2)28(16-20-14-12-18(3)13-15-20)24(30)17-29(34(5,32)33)23-11-9-8-10-21(23)26/h8-15,19,22H,6-7,16-17H2,1-5H3,(H,27,31)/t19-,22+/m1/s1. The third-order valence-electron chi connectivity index (χ3n) is 5.66. The molecule has 7 nitrogen and oxygen atoms in total. The molecule has 0 aliphatic rings. The normalized spacial score (nSPS) is 13.1. The van der Waals surface area contributed by atoms with Gasteiger partial charge in [0.15, 0.2) is 0 Å². The highest BCUT2D eigenvalue weighted by Crippen LogP contribution is 2.22. The summed E-state index contributed by atoms with van der Waals surface area (Å²) in [5.41, 5.74) is 1.63. The maximum Gasteiger partial charge on any atom is 0.244 e. The summed E-state index contributed by atoms with van der Waals surface area (Å²) >= 11 is 0. The molecule has 0 aromatic heterocycles. The molecule has 9 heteroatoms. The third kappa shape index (κ3) is 7.28. The first kappa shape index (κ1) is 27.3. The van der Waals surface area contributed by atoms with Gasteiger partial charge in [-0.3, -0.25) is 13.9 Å². The van der Waals surface area contributed by atoms with E-state index in [9.17, 15) is 22.4 Å². The van der Waals surface area contributed by atoms with Gasteiger partial charge in [-0.05, 0) is 44.4 Å². The van der Waals surface area contributed by atoms with E-state index >= 15 is 0 Å². The van der Waals surface area contributed by atoms with E-state index < -0.39 is 34.3 Å². The maximum absolute atomic E-state index is 14.4. The SMILES string of the molecule is CC[C@@H](C)NC(=O)[C@H](CC)N(Cc1ccc(C)cc1)C(=O)CN(c1ccccc1F)S(C)(=O)=O. The minimum Gasteiger partial charge on any atom is -0.352 e. The number of carbonyl (C=O) groups excluding carboxylic acids is 2. The molecule has 2 rings (SSSR count). The van der Waals surface area contributed by atoms with Gasteiger partial charge in [0.05, 0.1) is 11.9 Å². The molecule has 2 aromatic rings. The van der Waals surface area contributed by atoms with E-state index in [2.05, 4.69) is 5.32 Å². The molecule has 0 saturated heterocycles. The third-order valence-corrected chi connectivity index (χ3v) is 6.79. The summed E-state index contributed by atoms with van der Waals surface area (Å²) in [4.78, 5) is 28.0. The van der Waals surface area contributed by atoms with Crippen LogP contribution in [0.5, 0.6) is 0 Å². The fourth-order valence-electron chi connectivity index (χ4n) is 3.50. The quantitative estimate of drug-likeness (QED) is 0.520. The van der Waals surface area contributed by atoms with Crippen molar-refractivity contribution in [3.8, 4) is 0 Å². The summed E-state index contributed by atoms with van der Waals surface area (Å²) in [6, 6.07) is 12.0. The molecule has 0 saturated carbocycles. The Morgan fingerprint density at radius 3 is 2.18 bits per heavy atom. The summed E-state index contributed by atoms with van der Waals surface area (Å²) in [6.45, 7) is 7.04. The highest BCUT2D eigenvalue weighted by atomic mass is 32.2. The van der Waals surface area contributed by atoms with Crippen LogP contribution in [0.2, 0.25) is 0 Å². The van der Waals surface area contributed by atoms with Gasteiger partial charge in [-0.25, -0.2) is 12.8 Å². The van der Waals surface area contributed by atoms with E-state index in [4.69, 9.17) is 0 Å². The average Bonchev–Trinajstić information content (AvgIpc) is 2.78. The van der Waals surface area contributed by atoms with Crippen LogP contribution in [-0.4, -0.2) is 50.0 Å². The Morgan fingerprint density at radius 1 is 1.03 bits per heavy atom. The molecular weight excluding hydrogens is 457 g/mol. The Bertz CT molecular complexity index is 1090. The second kappa shape index (κ2) is 12.0. The van der Waals surface area contributed by atoms with Crippen molar-refractivity contribution >= 4 is 27.5 Å². The number of para-hydroxylation sites is 1. The number of nitrogens with one attached hydrogen (secondary N) is 1. The molecule has 0 unspecified atom stereocenters. The number of carbonyl (C=O) groups is 2. The number of amides is 2. The summed E-state index contributed by atoms with van der Waals surface area (Å²) in [5, 5.41) is 2.91. The van der Waals surface area contributed by atoms with Gasteiger partial charge in [-0.2, -0.15) is 0 Å². The molecule has 0 aliphatic heterocycles. The number of anilines is 1. The zero-order chi connectivity index (χ0) is 25.5. The van der Waals surface area contributed by atoms with Crippen molar-refractivity contribution in [3.05, 3.63) is 65.5 Å². The first-order valence-electron chi connectivity index (χ1n) is 11.4. The molecule has 186 valence electrons. The fraction of sp³-hybridized carbons (Fsp3) is 0.440. The Morgan fingerprint density at radius 2 is 1.65 bits per heavy atom. The number of rotatable bonds is 11. The molecule has 0 fully saturated rings. The first-order valence-corrected chi connectivity index (χ1v) is 13.2. The number of aryl methyl sites for hydroxylation is 1. The van der Waals surface area contributed by atoms with Gasteiger partial charge in [0, 0.05) is 12.6 Å². The number of hydrogen-bond donors (Lipinski definition) is 1. The van der Waals surface area contributed by atoms with E-state index in [1.807, 2.05) is 45.0 Å². The van der Waals surface area contributed by atoms with Crippen molar-refractivity contribution in [1.82, 2.24) is 10.2 Å². The van der Waals surface area contributed by atoms with Crippen LogP contribution in [-0.2, 0) is 26.2 Å². The molecule has 0 aliphatic carbocycles. The van der Waals surface area contributed by atoms with Gasteiger partial charge < -0.3 is 10.2 Å². The van der Waals surface area contributed by atoms with E-state index in [0.29, 0.717) is 6.42 Å². The molecule has 0 bridgehead atoms. The summed E-state index contributed by atoms with van der Waals surface area (Å²) < 4.78 is 40.2. The summed E-state index contributed by atoms with van der Waals surface area (Å²) in [7, 11) is -3.98. The van der Waals surface area contributed by atoms with Crippen LogP contribution in [0.25, 0.3) is 0 Å². The highest BCUT2D eigenvalue weighted by molar-refractivity contribution is 7.92. The van der Waals surface area contributed by atoms with Crippen LogP contribution in [0, 0.1) is 12.7 Å². The predicted octanol–water partition coefficient (Wildman–Crippen LogP) is 3.62. The molecule has 0 heterocycles. The largest absolute Gasteiger partial charge is 0.352 e. The second-order valence-corrected chi connectivity index (χ2v) is 10.4. The Hall–Kier alpha value is -2.94. The lowest BCUT2D eigenvalue weighted by Crippen LogP contribution is -2.53. The zero-order valence-electron chi connectivity index (χ0n) is 20.4. The predicted molar refractivity (Wildman–Crippen MR) is 132 cm³/mol. The van der Waals surface area contributed by atoms with Crippen molar-refractivity contribution in [2.45, 2.75) is 59.2 Å². The smallest absolute Gasteiger partial charge is 0.244 e. The van der Waals surface area contributed by atoms with E-state index in [1.54, 1.807) is 6.92 Å². The molecule has 2 aromatic carbocycles. The van der Waals surface area contributed by atoms with Crippen LogP contribution < -0.4 is 9.62 Å². The van der Waals surface area contributed by atoms with Crippen molar-refractivity contribution < 1.29 is 22.4 Å². The molecule has 1 N–H and O–H groups in total. The Kier molecular flexibility index (Phi) is 9.61. The lowest BCUT2D eigenvalue weighted by Gasteiger charge is -2.33. The van der Waals surface area contributed by atoms with Crippen LogP contribution >= 0.6 is 0 Å². The van der Waals surface area contributed by atoms with Crippen LogP contribution in [0.3, 0.4) is 0 Å². The van der Waals surface area contributed by atoms with Crippen LogP contribution in [0.1, 0.15) is 44.7 Å². The van der Waals surface area contributed by atoms with Crippen molar-refractivity contribution in [3.63, 3.8) is 0 Å². The molecule has 0 spiro atoms. The summed E-state index contributed by atoms with van der Waals surface area (Å²) in [5.74, 6) is -1.66. The van der Waals surface area contributed by atoms with E-state index in [1.165, 1.54) is 23.1 Å². The van der Waals surface area contributed by atoms with Gasteiger partial charge in [0.1, 0.15) is 18.4 Å². The van der Waals surface area contributed by atoms with Crippen LogP contribution in [0.15, 0.2) is 48.5 Å². The minimum absolute atomic E-state index is 0.0798. The van der Waals surface area contributed by atoms with Crippen LogP contribution in [0.4, 0.5) is 10.1 Å². The van der Waals surface area contributed by atoms with Gasteiger partial charge in [-0.1, -0.05) is 55.8 Å². The second-order valence-electron chi connectivity index (χ2n) is 8.47. The van der Waals surface area contributed by atoms with Crippen molar-refractivity contribution in [1.29, 1.82) is 0 Å². The maximum atomic E-state index is 14.4. The number of sulfonamides is 1. The van der Waals surface area contributed by atoms with Gasteiger partial charge in [-0.15, -0.1) is 0 Å². The fourth-order valence-corrected chi connectivity index (χ4v) is 4.35. The molecule has 2 amide bonds. The number of benzene rings is 2. The lowest BCUT2D eigenvalue weighted by molar-refractivity contribution is -0.140. The summed E-state index contributed by atoms with van der Waals surface area (Å²) in [6.07, 6.45) is 1.98. The van der Waals surface area contributed by atoms with Crippen molar-refractivity contribution in [2.75, 3.05) is 17.1 Å². The molecular formula is C25H34FN3O4S. The number of halogens is 1. The minimum atomic E-state index is -3.98. The Balaban J connectivity index is 2.44. The average molecular weight is 492 g/mol. The van der Waals surface area contributed by atoms with Gasteiger partial charge in [0.25, 0.3) is 0 Å². The highest BCUT2D eigenvalue weighted by Gasteiger charge is 2.32. The first-order chi connectivity index (χ1) is 16.0. The number of hydrogen-bond acceptors (Lipinski definition) is 4. The topological polar surface area (TPSA) is 86.8 Å². The van der Waals surface area contributed by atoms with E-state index in [-0.39, 0.29) is 24.2 Å². The number of nitrogens with zero attached hydrogens (tertiary/aromatic N) is 2. The zero-order valence-corrected chi connectivity index (χ0v) is 21.2. The van der Waals surface area contributed by atoms with Gasteiger partial charge in [0.2, 0.25) is 21.8 Å². The lowest BCUT2D eigenvalue weighted by atomic mass is 10.1. The molecule has 0 radical (unpaired) electrons. The monoisotopic (exact) mass is 491 g/mol. The van der Waals surface area contributed by atoms with Gasteiger partial charge >= 0.3 is 0 Å². The Labute approximate surface area is 202 Å². The van der Waals surface area contributed by atoms with Crippen molar-refractivity contribution in [2.24, 2.45) is 0 Å².